The Labute approximate surface area is 78.5 Å². The van der Waals surface area contributed by atoms with Crippen molar-refractivity contribution in [2.75, 3.05) is 6.61 Å². The van der Waals surface area contributed by atoms with Crippen LogP contribution >= 0.6 is 0 Å². The van der Waals surface area contributed by atoms with Gasteiger partial charge >= 0.3 is 0 Å². The normalized spacial score (nSPS) is 9.69. The average Bonchev–Trinajstić information content (AvgIpc) is 2.08. The van der Waals surface area contributed by atoms with Crippen LogP contribution in [0.1, 0.15) is 19.4 Å². The number of hydrogen-bond donors (Lipinski definition) is 1. The van der Waals surface area contributed by atoms with Crippen molar-refractivity contribution in [2.24, 2.45) is 0 Å². The van der Waals surface area contributed by atoms with Crippen LogP contribution < -0.4 is 4.74 Å². The van der Waals surface area contributed by atoms with E-state index < -0.39 is 0 Å². The molecule has 0 fully saturated rings. The molecular weight excluding hydrogens is 164 g/mol. The number of hydrogen-bond acceptors (Lipinski definition) is 2. The SMILES string of the molecule is C=C(C)c1ccc(O)c(OCC)c1. The molecule has 2 nitrogen and oxygen atoms in total. The summed E-state index contributed by atoms with van der Waals surface area (Å²) in [5, 5.41) is 9.39. The fraction of sp³-hybridized carbons (Fsp3) is 0.273. The van der Waals surface area contributed by atoms with E-state index in [0.29, 0.717) is 12.4 Å². The second-order valence-corrected chi connectivity index (χ2v) is 2.90. The molecule has 0 heterocycles. The summed E-state index contributed by atoms with van der Waals surface area (Å²) in [6.45, 7) is 8.17. The summed E-state index contributed by atoms with van der Waals surface area (Å²) in [6, 6.07) is 5.23. The number of aromatic hydroxyl groups is 1. The molecule has 0 saturated carbocycles. The monoisotopic (exact) mass is 178 g/mol. The van der Waals surface area contributed by atoms with E-state index in [-0.39, 0.29) is 5.75 Å². The molecule has 1 N–H and O–H groups in total. The maximum absolute atomic E-state index is 9.39. The minimum atomic E-state index is 0.173. The largest absolute Gasteiger partial charge is 0.504 e. The lowest BCUT2D eigenvalue weighted by atomic mass is 10.1. The van der Waals surface area contributed by atoms with E-state index in [9.17, 15) is 5.11 Å². The lowest BCUT2D eigenvalue weighted by molar-refractivity contribution is 0.318. The third-order valence-electron chi connectivity index (χ3n) is 1.75. The first-order valence-electron chi connectivity index (χ1n) is 4.27. The Balaban J connectivity index is 3.03. The van der Waals surface area contributed by atoms with Crippen molar-refractivity contribution in [3.05, 3.63) is 30.3 Å². The summed E-state index contributed by atoms with van der Waals surface area (Å²) >= 11 is 0. The summed E-state index contributed by atoms with van der Waals surface area (Å²) < 4.78 is 5.24. The number of phenolic OH excluding ortho intramolecular Hbond substituents is 1. The van der Waals surface area contributed by atoms with Gasteiger partial charge in [0, 0.05) is 0 Å². The van der Waals surface area contributed by atoms with Gasteiger partial charge in [-0.05, 0) is 31.5 Å². The summed E-state index contributed by atoms with van der Waals surface area (Å²) in [6.07, 6.45) is 0. The van der Waals surface area contributed by atoms with E-state index in [1.165, 1.54) is 0 Å². The van der Waals surface area contributed by atoms with Gasteiger partial charge in [-0.2, -0.15) is 0 Å². The van der Waals surface area contributed by atoms with Gasteiger partial charge in [0.25, 0.3) is 0 Å². The molecule has 0 aliphatic carbocycles. The standard InChI is InChI=1S/C11H14O2/c1-4-13-11-7-9(8(2)3)5-6-10(11)12/h5-7,12H,2,4H2,1,3H3. The summed E-state index contributed by atoms with van der Waals surface area (Å²) in [4.78, 5) is 0. The molecular formula is C11H14O2. The zero-order valence-electron chi connectivity index (χ0n) is 8.00. The molecule has 0 amide bonds. The van der Waals surface area contributed by atoms with E-state index in [4.69, 9.17) is 4.74 Å². The molecule has 0 aromatic heterocycles. The van der Waals surface area contributed by atoms with Crippen molar-refractivity contribution in [1.82, 2.24) is 0 Å². The van der Waals surface area contributed by atoms with E-state index in [0.717, 1.165) is 11.1 Å². The van der Waals surface area contributed by atoms with E-state index in [1.807, 2.05) is 19.9 Å². The highest BCUT2D eigenvalue weighted by Crippen LogP contribution is 2.28. The average molecular weight is 178 g/mol. The van der Waals surface area contributed by atoms with E-state index >= 15 is 0 Å². The molecule has 0 aliphatic rings. The molecule has 1 aromatic carbocycles. The Morgan fingerprint density at radius 1 is 1.54 bits per heavy atom. The second-order valence-electron chi connectivity index (χ2n) is 2.90. The molecule has 13 heavy (non-hydrogen) atoms. The van der Waals surface area contributed by atoms with Gasteiger partial charge in [-0.25, -0.2) is 0 Å². The maximum atomic E-state index is 9.39. The minimum Gasteiger partial charge on any atom is -0.504 e. The fourth-order valence-corrected chi connectivity index (χ4v) is 1.05. The Morgan fingerprint density at radius 2 is 2.23 bits per heavy atom. The Hall–Kier alpha value is -1.44. The van der Waals surface area contributed by atoms with Crippen molar-refractivity contribution in [3.8, 4) is 11.5 Å². The van der Waals surface area contributed by atoms with Crippen LogP contribution in [0.4, 0.5) is 0 Å². The lowest BCUT2D eigenvalue weighted by Crippen LogP contribution is -1.92. The molecule has 0 saturated heterocycles. The van der Waals surface area contributed by atoms with Crippen LogP contribution in [0.15, 0.2) is 24.8 Å². The third kappa shape index (κ3) is 2.25. The molecule has 0 unspecified atom stereocenters. The van der Waals surface area contributed by atoms with E-state index in [1.54, 1.807) is 12.1 Å². The van der Waals surface area contributed by atoms with Gasteiger partial charge in [-0.3, -0.25) is 0 Å². The third-order valence-corrected chi connectivity index (χ3v) is 1.75. The summed E-state index contributed by atoms with van der Waals surface area (Å²) in [5.41, 5.74) is 1.95. The molecule has 1 rings (SSSR count). The first-order chi connectivity index (χ1) is 6.15. The number of phenols is 1. The van der Waals surface area contributed by atoms with Crippen molar-refractivity contribution in [2.45, 2.75) is 13.8 Å². The molecule has 0 aliphatic heterocycles. The van der Waals surface area contributed by atoms with Crippen LogP contribution in [-0.2, 0) is 0 Å². The number of rotatable bonds is 3. The summed E-state index contributed by atoms with van der Waals surface area (Å²) in [5.74, 6) is 0.690. The molecule has 0 bridgehead atoms. The fourth-order valence-electron chi connectivity index (χ4n) is 1.05. The van der Waals surface area contributed by atoms with Crippen LogP contribution in [0.5, 0.6) is 11.5 Å². The number of benzene rings is 1. The zero-order chi connectivity index (χ0) is 9.84. The molecule has 0 atom stereocenters. The Kier molecular flexibility index (Phi) is 2.96. The van der Waals surface area contributed by atoms with Gasteiger partial charge in [-0.1, -0.05) is 18.2 Å². The van der Waals surface area contributed by atoms with Gasteiger partial charge in [0.1, 0.15) is 0 Å². The minimum absolute atomic E-state index is 0.173. The van der Waals surface area contributed by atoms with Crippen LogP contribution in [-0.4, -0.2) is 11.7 Å². The van der Waals surface area contributed by atoms with Crippen LogP contribution in [0, 0.1) is 0 Å². The smallest absolute Gasteiger partial charge is 0.161 e. The van der Waals surface area contributed by atoms with Crippen molar-refractivity contribution < 1.29 is 9.84 Å². The van der Waals surface area contributed by atoms with Gasteiger partial charge in [0.05, 0.1) is 6.61 Å². The van der Waals surface area contributed by atoms with Crippen molar-refractivity contribution in [1.29, 1.82) is 0 Å². The number of ether oxygens (including phenoxy) is 1. The Morgan fingerprint density at radius 3 is 2.77 bits per heavy atom. The first kappa shape index (κ1) is 9.65. The molecule has 0 radical (unpaired) electrons. The van der Waals surface area contributed by atoms with Gasteiger partial charge < -0.3 is 9.84 Å². The highest BCUT2D eigenvalue weighted by molar-refractivity contribution is 5.64. The predicted molar refractivity (Wildman–Crippen MR) is 54.0 cm³/mol. The van der Waals surface area contributed by atoms with E-state index in [2.05, 4.69) is 6.58 Å². The van der Waals surface area contributed by atoms with Gasteiger partial charge in [-0.15, -0.1) is 0 Å². The molecule has 2 heteroatoms. The highest BCUT2D eigenvalue weighted by Gasteiger charge is 2.02. The molecule has 1 aromatic rings. The summed E-state index contributed by atoms with van der Waals surface area (Å²) in [7, 11) is 0. The quantitative estimate of drug-likeness (QED) is 0.771. The van der Waals surface area contributed by atoms with Crippen LogP contribution in [0.25, 0.3) is 5.57 Å². The highest BCUT2D eigenvalue weighted by atomic mass is 16.5. The van der Waals surface area contributed by atoms with Crippen LogP contribution in [0.3, 0.4) is 0 Å². The Bertz CT molecular complexity index is 316. The van der Waals surface area contributed by atoms with Crippen LogP contribution in [0.2, 0.25) is 0 Å². The predicted octanol–water partition coefficient (Wildman–Crippen LogP) is 2.82. The van der Waals surface area contributed by atoms with Crippen molar-refractivity contribution >= 4 is 5.57 Å². The molecule has 70 valence electrons. The van der Waals surface area contributed by atoms with Crippen molar-refractivity contribution in [3.63, 3.8) is 0 Å². The maximum Gasteiger partial charge on any atom is 0.161 e. The first-order valence-corrected chi connectivity index (χ1v) is 4.27. The zero-order valence-corrected chi connectivity index (χ0v) is 8.00. The second kappa shape index (κ2) is 3.99. The lowest BCUT2D eigenvalue weighted by Gasteiger charge is -2.07. The molecule has 0 spiro atoms. The van der Waals surface area contributed by atoms with Gasteiger partial charge in [0.2, 0.25) is 0 Å². The van der Waals surface area contributed by atoms with Gasteiger partial charge in [0.15, 0.2) is 11.5 Å². The topological polar surface area (TPSA) is 29.5 Å². The number of allylic oxidation sites excluding steroid dienone is 1.